The fourth-order valence-corrected chi connectivity index (χ4v) is 3.05. The molecule has 2 aromatic rings. The highest BCUT2D eigenvalue weighted by Crippen LogP contribution is 2.36. The van der Waals surface area contributed by atoms with E-state index in [0.29, 0.717) is 5.56 Å². The van der Waals surface area contributed by atoms with Gasteiger partial charge in [0.1, 0.15) is 6.07 Å². The van der Waals surface area contributed by atoms with E-state index in [0.717, 1.165) is 26.0 Å². The molecule has 0 saturated heterocycles. The van der Waals surface area contributed by atoms with Crippen LogP contribution in [-0.4, -0.2) is 0 Å². The van der Waals surface area contributed by atoms with Gasteiger partial charge in [0.05, 0.1) is 16.0 Å². The maximum absolute atomic E-state index is 8.91. The molecule has 0 amide bonds. The van der Waals surface area contributed by atoms with Gasteiger partial charge in [0.15, 0.2) is 0 Å². The van der Waals surface area contributed by atoms with Crippen LogP contribution in [0.15, 0.2) is 18.2 Å². The summed E-state index contributed by atoms with van der Waals surface area (Å²) in [6.07, 6.45) is 0. The Labute approximate surface area is 94.1 Å². The summed E-state index contributed by atoms with van der Waals surface area (Å²) in [5.74, 6) is 0. The number of rotatable bonds is 1. The molecule has 1 heterocycles. The molecule has 1 aromatic heterocycles. The first-order valence-corrected chi connectivity index (χ1v) is 5.97. The van der Waals surface area contributed by atoms with E-state index in [2.05, 4.69) is 22.0 Å². The second kappa shape index (κ2) is 3.60. The van der Waals surface area contributed by atoms with Crippen LogP contribution in [0.2, 0.25) is 0 Å². The molecule has 0 aliphatic carbocycles. The molecule has 70 valence electrons. The predicted octanol–water partition coefficient (Wildman–Crippen LogP) is 3.25. The third-order valence-corrected chi connectivity index (χ3v) is 4.26. The fourth-order valence-electron chi connectivity index (χ4n) is 1.37. The molecule has 2 nitrogen and oxygen atoms in total. The molecule has 0 radical (unpaired) electrons. The molecule has 0 fully saturated rings. The molecule has 4 heteroatoms. The highest BCUT2D eigenvalue weighted by molar-refractivity contribution is 9.08. The normalized spacial score (nSPS) is 10.3. The van der Waals surface area contributed by atoms with Gasteiger partial charge in [0, 0.05) is 15.6 Å². The summed E-state index contributed by atoms with van der Waals surface area (Å²) in [7, 11) is 0. The summed E-state index contributed by atoms with van der Waals surface area (Å²) < 4.78 is 0.988. The number of halogens is 1. The lowest BCUT2D eigenvalue weighted by Crippen LogP contribution is -1.85. The third kappa shape index (κ3) is 1.29. The Morgan fingerprint density at radius 3 is 2.93 bits per heavy atom. The average Bonchev–Trinajstić information content (AvgIpc) is 2.55. The number of thiophene rings is 1. The zero-order chi connectivity index (χ0) is 10.1. The minimum Gasteiger partial charge on any atom is -0.397 e. The molecule has 0 bridgehead atoms. The van der Waals surface area contributed by atoms with Gasteiger partial charge in [-0.3, -0.25) is 0 Å². The number of fused-ring (bicyclic) bond motifs is 1. The van der Waals surface area contributed by atoms with Crippen molar-refractivity contribution >= 4 is 43.0 Å². The van der Waals surface area contributed by atoms with Crippen LogP contribution in [-0.2, 0) is 5.33 Å². The number of benzene rings is 1. The minimum atomic E-state index is 0.700. The van der Waals surface area contributed by atoms with Crippen LogP contribution in [0, 0.1) is 11.3 Å². The van der Waals surface area contributed by atoms with E-state index in [1.54, 1.807) is 11.3 Å². The molecule has 0 spiro atoms. The predicted molar refractivity (Wildman–Crippen MR) is 63.6 cm³/mol. The van der Waals surface area contributed by atoms with Gasteiger partial charge in [-0.2, -0.15) is 5.26 Å². The monoisotopic (exact) mass is 266 g/mol. The lowest BCUT2D eigenvalue weighted by molar-refractivity contribution is 1.51. The van der Waals surface area contributed by atoms with Crippen molar-refractivity contribution in [3.05, 3.63) is 28.6 Å². The summed E-state index contributed by atoms with van der Waals surface area (Å²) in [6.45, 7) is 0. The van der Waals surface area contributed by atoms with Crippen molar-refractivity contribution < 1.29 is 0 Å². The second-order valence-electron chi connectivity index (χ2n) is 2.87. The fraction of sp³-hybridized carbons (Fsp3) is 0.100. The van der Waals surface area contributed by atoms with E-state index in [4.69, 9.17) is 11.0 Å². The van der Waals surface area contributed by atoms with E-state index in [9.17, 15) is 0 Å². The minimum absolute atomic E-state index is 0.700. The Morgan fingerprint density at radius 1 is 1.50 bits per heavy atom. The van der Waals surface area contributed by atoms with Crippen LogP contribution in [0.3, 0.4) is 0 Å². The lowest BCUT2D eigenvalue weighted by Gasteiger charge is -1.92. The van der Waals surface area contributed by atoms with Crippen LogP contribution in [0.1, 0.15) is 10.4 Å². The van der Waals surface area contributed by atoms with Gasteiger partial charge >= 0.3 is 0 Å². The van der Waals surface area contributed by atoms with Crippen molar-refractivity contribution in [2.24, 2.45) is 0 Å². The van der Waals surface area contributed by atoms with Gasteiger partial charge in [0.2, 0.25) is 0 Å². The zero-order valence-corrected chi connectivity index (χ0v) is 9.65. The summed E-state index contributed by atoms with van der Waals surface area (Å²) >= 11 is 4.96. The number of nitrogens with two attached hydrogens (primary N) is 1. The third-order valence-electron chi connectivity index (χ3n) is 2.07. The van der Waals surface area contributed by atoms with Gasteiger partial charge in [0.25, 0.3) is 0 Å². The second-order valence-corrected chi connectivity index (χ2v) is 4.53. The molecule has 0 saturated carbocycles. The van der Waals surface area contributed by atoms with Crippen molar-refractivity contribution in [2.75, 3.05) is 5.73 Å². The van der Waals surface area contributed by atoms with Crippen LogP contribution in [0.4, 0.5) is 5.69 Å². The highest BCUT2D eigenvalue weighted by Gasteiger charge is 2.10. The molecule has 2 N–H and O–H groups in total. The topological polar surface area (TPSA) is 49.8 Å². The first kappa shape index (κ1) is 9.50. The Balaban J connectivity index is 2.85. The van der Waals surface area contributed by atoms with Crippen molar-refractivity contribution in [3.63, 3.8) is 0 Å². The Bertz CT molecular complexity index is 525. The van der Waals surface area contributed by atoms with Crippen molar-refractivity contribution in [2.45, 2.75) is 5.33 Å². The molecule has 0 aliphatic heterocycles. The van der Waals surface area contributed by atoms with Crippen molar-refractivity contribution in [1.82, 2.24) is 0 Å². The largest absolute Gasteiger partial charge is 0.397 e. The molecule has 0 atom stereocenters. The molecular weight excluding hydrogens is 260 g/mol. The van der Waals surface area contributed by atoms with Crippen LogP contribution < -0.4 is 5.73 Å². The standard InChI is InChI=1S/C10H7BrN2S/c11-4-8-9(13)7-3-1-2-6(5-12)10(7)14-8/h1-3H,4,13H2. The van der Waals surface area contributed by atoms with Gasteiger partial charge in [-0.15, -0.1) is 11.3 Å². The van der Waals surface area contributed by atoms with E-state index >= 15 is 0 Å². The van der Waals surface area contributed by atoms with Gasteiger partial charge in [-0.05, 0) is 6.07 Å². The van der Waals surface area contributed by atoms with E-state index in [1.807, 2.05) is 18.2 Å². The van der Waals surface area contributed by atoms with E-state index in [1.165, 1.54) is 0 Å². The smallest absolute Gasteiger partial charge is 0.101 e. The number of hydrogen-bond acceptors (Lipinski definition) is 3. The maximum atomic E-state index is 8.91. The first-order chi connectivity index (χ1) is 6.77. The zero-order valence-electron chi connectivity index (χ0n) is 7.25. The molecule has 1 aromatic carbocycles. The van der Waals surface area contributed by atoms with Gasteiger partial charge in [-0.25, -0.2) is 0 Å². The first-order valence-electron chi connectivity index (χ1n) is 4.04. The van der Waals surface area contributed by atoms with E-state index in [-0.39, 0.29) is 0 Å². The van der Waals surface area contributed by atoms with Crippen molar-refractivity contribution in [1.29, 1.82) is 5.26 Å². The lowest BCUT2D eigenvalue weighted by atomic mass is 10.1. The van der Waals surface area contributed by atoms with Crippen molar-refractivity contribution in [3.8, 4) is 6.07 Å². The van der Waals surface area contributed by atoms with E-state index < -0.39 is 0 Å². The molecule has 0 aliphatic rings. The van der Waals surface area contributed by atoms with Crippen LogP contribution in [0.5, 0.6) is 0 Å². The quantitative estimate of drug-likeness (QED) is 0.806. The molecular formula is C10H7BrN2S. The number of alkyl halides is 1. The number of nitrogen functional groups attached to an aromatic ring is 1. The number of hydrogen-bond donors (Lipinski definition) is 1. The van der Waals surface area contributed by atoms with Crippen LogP contribution in [0.25, 0.3) is 10.1 Å². The Hall–Kier alpha value is -1.05. The number of nitriles is 1. The summed E-state index contributed by atoms with van der Waals surface area (Å²) in [4.78, 5) is 1.09. The van der Waals surface area contributed by atoms with Crippen LogP contribution >= 0.6 is 27.3 Å². The molecule has 2 rings (SSSR count). The SMILES string of the molecule is N#Cc1cccc2c(N)c(CBr)sc12. The van der Waals surface area contributed by atoms with Gasteiger partial charge < -0.3 is 5.73 Å². The Kier molecular flexibility index (Phi) is 2.44. The number of nitrogens with zero attached hydrogens (tertiary/aromatic N) is 1. The summed E-state index contributed by atoms with van der Waals surface area (Å²) in [6, 6.07) is 7.81. The Morgan fingerprint density at radius 2 is 2.29 bits per heavy atom. The molecule has 14 heavy (non-hydrogen) atoms. The number of anilines is 1. The van der Waals surface area contributed by atoms with Gasteiger partial charge in [-0.1, -0.05) is 28.1 Å². The summed E-state index contributed by atoms with van der Waals surface area (Å²) in [5, 5.41) is 10.6. The highest BCUT2D eigenvalue weighted by atomic mass is 79.9. The molecule has 0 unspecified atom stereocenters. The maximum Gasteiger partial charge on any atom is 0.101 e. The summed E-state index contributed by atoms with van der Waals surface area (Å²) in [5.41, 5.74) is 7.44. The average molecular weight is 267 g/mol.